The summed E-state index contributed by atoms with van der Waals surface area (Å²) in [6.07, 6.45) is -2.78. The molecule has 3 nitrogen and oxygen atoms in total. The number of aliphatic hydroxyl groups is 1. The van der Waals surface area contributed by atoms with Crippen LogP contribution in [0.4, 0.5) is 13.2 Å². The topological polar surface area (TPSA) is 26.7 Å². The van der Waals surface area contributed by atoms with Crippen molar-refractivity contribution in [3.63, 3.8) is 0 Å². The second-order valence-electron chi connectivity index (χ2n) is 4.63. The molecule has 1 unspecified atom stereocenters. The molecule has 0 amide bonds. The maximum atomic E-state index is 12.2. The fourth-order valence-corrected chi connectivity index (χ4v) is 2.11. The SMILES string of the molecule is CCCC(O)CN1CCN(CC(F)(F)F)CC1. The van der Waals surface area contributed by atoms with E-state index in [0.29, 0.717) is 32.7 Å². The van der Waals surface area contributed by atoms with Crippen molar-refractivity contribution in [3.05, 3.63) is 0 Å². The summed E-state index contributed by atoms with van der Waals surface area (Å²) in [5.74, 6) is 0. The molecule has 1 aliphatic heterocycles. The summed E-state index contributed by atoms with van der Waals surface area (Å²) in [6, 6.07) is 0. The van der Waals surface area contributed by atoms with Gasteiger partial charge in [0.2, 0.25) is 0 Å². The smallest absolute Gasteiger partial charge is 0.392 e. The summed E-state index contributed by atoms with van der Waals surface area (Å²) in [7, 11) is 0. The first kappa shape index (κ1) is 14.7. The highest BCUT2D eigenvalue weighted by Crippen LogP contribution is 2.17. The van der Waals surface area contributed by atoms with Gasteiger partial charge >= 0.3 is 6.18 Å². The zero-order chi connectivity index (χ0) is 12.9. The van der Waals surface area contributed by atoms with Crippen LogP contribution in [0.5, 0.6) is 0 Å². The highest BCUT2D eigenvalue weighted by molar-refractivity contribution is 4.75. The lowest BCUT2D eigenvalue weighted by molar-refractivity contribution is -0.149. The Kier molecular flexibility index (Phi) is 5.69. The van der Waals surface area contributed by atoms with Gasteiger partial charge in [-0.2, -0.15) is 13.2 Å². The van der Waals surface area contributed by atoms with Crippen LogP contribution in [-0.2, 0) is 0 Å². The van der Waals surface area contributed by atoms with Gasteiger partial charge in [-0.05, 0) is 6.42 Å². The number of aliphatic hydroxyl groups excluding tert-OH is 1. The summed E-state index contributed by atoms with van der Waals surface area (Å²) >= 11 is 0. The molecule has 6 heteroatoms. The molecule has 0 aliphatic carbocycles. The molecule has 1 rings (SSSR count). The lowest BCUT2D eigenvalue weighted by Gasteiger charge is -2.35. The highest BCUT2D eigenvalue weighted by atomic mass is 19.4. The van der Waals surface area contributed by atoms with Crippen LogP contribution in [0, 0.1) is 0 Å². The first-order valence-corrected chi connectivity index (χ1v) is 6.10. The molecule has 1 fully saturated rings. The Morgan fingerprint density at radius 1 is 1.12 bits per heavy atom. The molecule has 1 saturated heterocycles. The van der Waals surface area contributed by atoms with Gasteiger partial charge in [0.05, 0.1) is 12.6 Å². The number of hydrogen-bond donors (Lipinski definition) is 1. The molecule has 1 N–H and O–H groups in total. The largest absolute Gasteiger partial charge is 0.401 e. The molecule has 1 heterocycles. The summed E-state index contributed by atoms with van der Waals surface area (Å²) < 4.78 is 36.5. The van der Waals surface area contributed by atoms with Gasteiger partial charge in [0.15, 0.2) is 0 Å². The van der Waals surface area contributed by atoms with Crippen molar-refractivity contribution < 1.29 is 18.3 Å². The van der Waals surface area contributed by atoms with E-state index in [4.69, 9.17) is 0 Å². The number of hydrogen-bond acceptors (Lipinski definition) is 3. The van der Waals surface area contributed by atoms with Gasteiger partial charge in [0, 0.05) is 32.7 Å². The monoisotopic (exact) mass is 254 g/mol. The molecule has 17 heavy (non-hydrogen) atoms. The van der Waals surface area contributed by atoms with Gasteiger partial charge in [0.1, 0.15) is 0 Å². The summed E-state index contributed by atoms with van der Waals surface area (Å²) in [4.78, 5) is 3.45. The van der Waals surface area contributed by atoms with Crippen molar-refractivity contribution in [2.24, 2.45) is 0 Å². The number of rotatable bonds is 5. The standard InChI is InChI=1S/C11H21F3N2O/c1-2-3-10(17)8-15-4-6-16(7-5-15)9-11(12,13)14/h10,17H,2-9H2,1H3. The molecular weight excluding hydrogens is 233 g/mol. The minimum Gasteiger partial charge on any atom is -0.392 e. The number of halogens is 3. The minimum atomic E-state index is -4.11. The Bertz CT molecular complexity index is 215. The van der Waals surface area contributed by atoms with E-state index in [1.807, 2.05) is 11.8 Å². The molecule has 102 valence electrons. The average Bonchev–Trinajstić information content (AvgIpc) is 2.19. The Morgan fingerprint density at radius 3 is 2.12 bits per heavy atom. The summed E-state index contributed by atoms with van der Waals surface area (Å²) in [5.41, 5.74) is 0. The maximum Gasteiger partial charge on any atom is 0.401 e. The van der Waals surface area contributed by atoms with E-state index in [-0.39, 0.29) is 6.10 Å². The van der Waals surface area contributed by atoms with Crippen LogP contribution >= 0.6 is 0 Å². The van der Waals surface area contributed by atoms with E-state index in [0.717, 1.165) is 12.8 Å². The van der Waals surface area contributed by atoms with Crippen LogP contribution in [0.1, 0.15) is 19.8 Å². The van der Waals surface area contributed by atoms with Crippen molar-refractivity contribution in [1.29, 1.82) is 0 Å². The van der Waals surface area contributed by atoms with Crippen LogP contribution in [0.15, 0.2) is 0 Å². The summed E-state index contributed by atoms with van der Waals surface area (Å²) in [6.45, 7) is 3.83. The second-order valence-corrected chi connectivity index (χ2v) is 4.63. The average molecular weight is 254 g/mol. The van der Waals surface area contributed by atoms with E-state index >= 15 is 0 Å². The van der Waals surface area contributed by atoms with E-state index in [2.05, 4.69) is 0 Å². The Morgan fingerprint density at radius 2 is 1.65 bits per heavy atom. The lowest BCUT2D eigenvalue weighted by Crippen LogP contribution is -2.50. The third kappa shape index (κ3) is 6.24. The Hall–Kier alpha value is -0.330. The van der Waals surface area contributed by atoms with Crippen molar-refractivity contribution in [3.8, 4) is 0 Å². The Balaban J connectivity index is 2.21. The van der Waals surface area contributed by atoms with Gasteiger partial charge < -0.3 is 5.11 Å². The zero-order valence-electron chi connectivity index (χ0n) is 10.2. The molecule has 0 radical (unpaired) electrons. The first-order chi connectivity index (χ1) is 7.90. The molecule has 0 spiro atoms. The number of piperazine rings is 1. The third-order valence-electron chi connectivity index (χ3n) is 2.96. The quantitative estimate of drug-likeness (QED) is 0.801. The van der Waals surface area contributed by atoms with E-state index in [1.54, 1.807) is 0 Å². The molecule has 0 bridgehead atoms. The van der Waals surface area contributed by atoms with Crippen LogP contribution in [0.2, 0.25) is 0 Å². The van der Waals surface area contributed by atoms with Crippen LogP contribution in [-0.4, -0.2) is 66.5 Å². The molecule has 0 aromatic rings. The third-order valence-corrected chi connectivity index (χ3v) is 2.96. The minimum absolute atomic E-state index is 0.353. The number of nitrogens with zero attached hydrogens (tertiary/aromatic N) is 2. The lowest BCUT2D eigenvalue weighted by atomic mass is 10.2. The van der Waals surface area contributed by atoms with Crippen molar-refractivity contribution in [2.45, 2.75) is 32.0 Å². The highest BCUT2D eigenvalue weighted by Gasteiger charge is 2.32. The molecule has 0 saturated carbocycles. The number of alkyl halides is 3. The van der Waals surface area contributed by atoms with E-state index in [9.17, 15) is 18.3 Å². The molecular formula is C11H21F3N2O. The van der Waals surface area contributed by atoms with Gasteiger partial charge in [-0.15, -0.1) is 0 Å². The predicted molar refractivity (Wildman–Crippen MR) is 59.8 cm³/mol. The van der Waals surface area contributed by atoms with E-state index in [1.165, 1.54) is 4.90 Å². The fourth-order valence-electron chi connectivity index (χ4n) is 2.11. The molecule has 1 aliphatic rings. The number of β-amino-alcohol motifs (C(OH)–C–C–N with tert-alkyl or cyclic N) is 1. The van der Waals surface area contributed by atoms with Crippen LogP contribution in [0.3, 0.4) is 0 Å². The zero-order valence-corrected chi connectivity index (χ0v) is 10.2. The van der Waals surface area contributed by atoms with Crippen molar-refractivity contribution in [2.75, 3.05) is 39.3 Å². The molecule has 1 atom stereocenters. The molecule has 0 aromatic carbocycles. The first-order valence-electron chi connectivity index (χ1n) is 6.10. The summed E-state index contributed by atoms with van der Waals surface area (Å²) in [5, 5.41) is 9.62. The maximum absolute atomic E-state index is 12.2. The van der Waals surface area contributed by atoms with Crippen molar-refractivity contribution in [1.82, 2.24) is 9.80 Å². The van der Waals surface area contributed by atoms with Crippen LogP contribution < -0.4 is 0 Å². The molecule has 0 aromatic heterocycles. The fraction of sp³-hybridized carbons (Fsp3) is 1.00. The second kappa shape index (κ2) is 6.56. The Labute approximate surface area is 100 Å². The van der Waals surface area contributed by atoms with E-state index < -0.39 is 12.7 Å². The van der Waals surface area contributed by atoms with Gasteiger partial charge in [0.25, 0.3) is 0 Å². The van der Waals surface area contributed by atoms with Gasteiger partial charge in [-0.1, -0.05) is 13.3 Å². The van der Waals surface area contributed by atoms with Crippen LogP contribution in [0.25, 0.3) is 0 Å². The normalized spacial score (nSPS) is 21.7. The van der Waals surface area contributed by atoms with Crippen molar-refractivity contribution >= 4 is 0 Å². The van der Waals surface area contributed by atoms with Gasteiger partial charge in [-0.25, -0.2) is 0 Å². The van der Waals surface area contributed by atoms with Gasteiger partial charge in [-0.3, -0.25) is 9.80 Å². The predicted octanol–water partition coefficient (Wildman–Crippen LogP) is 1.33.